The van der Waals surface area contributed by atoms with Gasteiger partial charge in [0, 0.05) is 5.41 Å². The highest BCUT2D eigenvalue weighted by atomic mass is 16.4. The molecule has 3 nitrogen and oxygen atoms in total. The molecule has 0 saturated heterocycles. The van der Waals surface area contributed by atoms with E-state index in [2.05, 4.69) is 0 Å². The standard InChI is InChI=1S/C14H16O3/c15-11-8-14(9-11,12(16)17)13(6-7-13)10-4-2-1-3-5-10/h1-5,11,15H,6-9H2,(H,16,17). The van der Waals surface area contributed by atoms with Crippen LogP contribution in [0.3, 0.4) is 0 Å². The highest BCUT2D eigenvalue weighted by molar-refractivity contribution is 5.80. The van der Waals surface area contributed by atoms with E-state index in [0.717, 1.165) is 18.4 Å². The van der Waals surface area contributed by atoms with Crippen molar-refractivity contribution in [3.8, 4) is 0 Å². The quantitative estimate of drug-likeness (QED) is 0.837. The van der Waals surface area contributed by atoms with Crippen LogP contribution < -0.4 is 0 Å². The second-order valence-electron chi connectivity index (χ2n) is 5.40. The number of aliphatic hydroxyl groups is 1. The van der Waals surface area contributed by atoms with Crippen molar-refractivity contribution in [2.24, 2.45) is 5.41 Å². The van der Waals surface area contributed by atoms with Crippen LogP contribution in [0.5, 0.6) is 0 Å². The van der Waals surface area contributed by atoms with Crippen molar-refractivity contribution in [2.75, 3.05) is 0 Å². The molecule has 0 aromatic heterocycles. The molecule has 0 atom stereocenters. The maximum Gasteiger partial charge on any atom is 0.310 e. The number of rotatable bonds is 3. The molecule has 0 bridgehead atoms. The largest absolute Gasteiger partial charge is 0.481 e. The van der Waals surface area contributed by atoms with Crippen LogP contribution >= 0.6 is 0 Å². The zero-order valence-corrected chi connectivity index (χ0v) is 9.60. The van der Waals surface area contributed by atoms with E-state index in [4.69, 9.17) is 0 Å². The van der Waals surface area contributed by atoms with Crippen molar-refractivity contribution >= 4 is 5.97 Å². The first-order chi connectivity index (χ1) is 8.11. The van der Waals surface area contributed by atoms with Crippen LogP contribution in [0.15, 0.2) is 30.3 Å². The summed E-state index contributed by atoms with van der Waals surface area (Å²) in [6, 6.07) is 9.90. The Morgan fingerprint density at radius 2 is 1.76 bits per heavy atom. The third kappa shape index (κ3) is 1.29. The van der Waals surface area contributed by atoms with Crippen LogP contribution in [0.2, 0.25) is 0 Å². The van der Waals surface area contributed by atoms with Gasteiger partial charge in [-0.2, -0.15) is 0 Å². The van der Waals surface area contributed by atoms with Crippen LogP contribution in [0.4, 0.5) is 0 Å². The summed E-state index contributed by atoms with van der Waals surface area (Å²) in [4.78, 5) is 11.6. The number of aliphatic hydroxyl groups excluding tert-OH is 1. The van der Waals surface area contributed by atoms with Gasteiger partial charge in [0.05, 0.1) is 11.5 Å². The van der Waals surface area contributed by atoms with Crippen molar-refractivity contribution in [3.63, 3.8) is 0 Å². The number of carboxylic acid groups (broad SMARTS) is 1. The van der Waals surface area contributed by atoms with E-state index in [0.29, 0.717) is 12.8 Å². The predicted molar refractivity (Wildman–Crippen MR) is 62.7 cm³/mol. The van der Waals surface area contributed by atoms with Gasteiger partial charge in [-0.25, -0.2) is 0 Å². The minimum Gasteiger partial charge on any atom is -0.481 e. The van der Waals surface area contributed by atoms with E-state index in [9.17, 15) is 15.0 Å². The van der Waals surface area contributed by atoms with Gasteiger partial charge in [0.1, 0.15) is 0 Å². The minimum atomic E-state index is -0.746. The molecular weight excluding hydrogens is 216 g/mol. The molecule has 0 amide bonds. The molecule has 17 heavy (non-hydrogen) atoms. The summed E-state index contributed by atoms with van der Waals surface area (Å²) in [6.07, 6.45) is 2.22. The molecule has 1 aromatic carbocycles. The van der Waals surface area contributed by atoms with Gasteiger partial charge in [0.2, 0.25) is 0 Å². The van der Waals surface area contributed by atoms with Gasteiger partial charge in [-0.1, -0.05) is 30.3 Å². The van der Waals surface area contributed by atoms with E-state index >= 15 is 0 Å². The Morgan fingerprint density at radius 3 is 2.18 bits per heavy atom. The molecule has 0 radical (unpaired) electrons. The molecule has 90 valence electrons. The first-order valence-corrected chi connectivity index (χ1v) is 6.08. The predicted octanol–water partition coefficient (Wildman–Crippen LogP) is 1.94. The highest BCUT2D eigenvalue weighted by Gasteiger charge is 2.68. The summed E-state index contributed by atoms with van der Waals surface area (Å²) in [6.45, 7) is 0. The molecule has 2 N–H and O–H groups in total. The fraction of sp³-hybridized carbons (Fsp3) is 0.500. The zero-order chi connectivity index (χ0) is 12.1. The zero-order valence-electron chi connectivity index (χ0n) is 9.60. The van der Waals surface area contributed by atoms with E-state index in [1.807, 2.05) is 30.3 Å². The summed E-state index contributed by atoms with van der Waals surface area (Å²) in [5, 5.41) is 19.0. The van der Waals surface area contributed by atoms with Gasteiger partial charge in [0.15, 0.2) is 0 Å². The Labute approximate surface area is 100 Å². The van der Waals surface area contributed by atoms with Crippen LogP contribution in [-0.2, 0) is 10.2 Å². The van der Waals surface area contributed by atoms with Gasteiger partial charge < -0.3 is 10.2 Å². The maximum atomic E-state index is 11.6. The topological polar surface area (TPSA) is 57.5 Å². The summed E-state index contributed by atoms with van der Waals surface area (Å²) >= 11 is 0. The van der Waals surface area contributed by atoms with Crippen LogP contribution in [0, 0.1) is 5.41 Å². The SMILES string of the molecule is O=C(O)C1(C2(c3ccccc3)CC2)CC(O)C1. The van der Waals surface area contributed by atoms with E-state index in [-0.39, 0.29) is 5.41 Å². The number of hydrogen-bond donors (Lipinski definition) is 2. The number of carboxylic acids is 1. The Balaban J connectivity index is 2.01. The van der Waals surface area contributed by atoms with Gasteiger partial charge in [-0.15, -0.1) is 0 Å². The van der Waals surface area contributed by atoms with Crippen molar-refractivity contribution in [2.45, 2.75) is 37.2 Å². The average Bonchev–Trinajstić information content (AvgIpc) is 3.07. The summed E-state index contributed by atoms with van der Waals surface area (Å²) < 4.78 is 0. The lowest BCUT2D eigenvalue weighted by atomic mass is 9.55. The molecule has 0 aliphatic heterocycles. The second-order valence-corrected chi connectivity index (χ2v) is 5.40. The van der Waals surface area contributed by atoms with Crippen LogP contribution in [0.25, 0.3) is 0 Å². The van der Waals surface area contributed by atoms with Gasteiger partial charge in [0.25, 0.3) is 0 Å². The number of benzene rings is 1. The van der Waals surface area contributed by atoms with Crippen LogP contribution in [0.1, 0.15) is 31.2 Å². The van der Waals surface area contributed by atoms with Crippen molar-refractivity contribution in [1.29, 1.82) is 0 Å². The Hall–Kier alpha value is -1.35. The maximum absolute atomic E-state index is 11.6. The van der Waals surface area contributed by atoms with E-state index in [1.165, 1.54) is 0 Å². The monoisotopic (exact) mass is 232 g/mol. The number of aliphatic carboxylic acids is 1. The summed E-state index contributed by atoms with van der Waals surface area (Å²) in [7, 11) is 0. The van der Waals surface area contributed by atoms with Gasteiger partial charge >= 0.3 is 5.97 Å². The molecule has 0 unspecified atom stereocenters. The molecule has 3 heteroatoms. The highest BCUT2D eigenvalue weighted by Crippen LogP contribution is 2.67. The molecule has 2 aliphatic carbocycles. The first kappa shape index (κ1) is 10.8. The molecule has 3 rings (SSSR count). The first-order valence-electron chi connectivity index (χ1n) is 6.08. The third-order valence-electron chi connectivity index (χ3n) is 4.57. The summed E-state index contributed by atoms with van der Waals surface area (Å²) in [5.41, 5.74) is 0.168. The second kappa shape index (κ2) is 3.33. The van der Waals surface area contributed by atoms with E-state index < -0.39 is 17.5 Å². The summed E-state index contributed by atoms with van der Waals surface area (Å²) in [5.74, 6) is -0.746. The normalized spacial score (nSPS) is 33.8. The molecule has 2 saturated carbocycles. The van der Waals surface area contributed by atoms with Crippen molar-refractivity contribution in [1.82, 2.24) is 0 Å². The Bertz CT molecular complexity index is 442. The number of carbonyl (C=O) groups is 1. The smallest absolute Gasteiger partial charge is 0.310 e. The fourth-order valence-electron chi connectivity index (χ4n) is 3.44. The number of hydrogen-bond acceptors (Lipinski definition) is 2. The lowest BCUT2D eigenvalue weighted by Gasteiger charge is -2.48. The Morgan fingerprint density at radius 1 is 1.18 bits per heavy atom. The van der Waals surface area contributed by atoms with Crippen molar-refractivity contribution in [3.05, 3.63) is 35.9 Å². The third-order valence-corrected chi connectivity index (χ3v) is 4.57. The molecule has 0 heterocycles. The molecular formula is C14H16O3. The molecule has 0 spiro atoms. The van der Waals surface area contributed by atoms with Crippen molar-refractivity contribution < 1.29 is 15.0 Å². The Kier molecular flexibility index (Phi) is 2.11. The van der Waals surface area contributed by atoms with Gasteiger partial charge in [-0.05, 0) is 31.2 Å². The minimum absolute atomic E-state index is 0.223. The van der Waals surface area contributed by atoms with Gasteiger partial charge in [-0.3, -0.25) is 4.79 Å². The molecule has 2 aliphatic rings. The fourth-order valence-corrected chi connectivity index (χ4v) is 3.44. The van der Waals surface area contributed by atoms with E-state index in [1.54, 1.807) is 0 Å². The molecule has 2 fully saturated rings. The van der Waals surface area contributed by atoms with Crippen LogP contribution in [-0.4, -0.2) is 22.3 Å². The average molecular weight is 232 g/mol. The lowest BCUT2D eigenvalue weighted by Crippen LogP contribution is -2.54. The lowest BCUT2D eigenvalue weighted by molar-refractivity contribution is -0.168. The molecule has 1 aromatic rings.